The first kappa shape index (κ1) is 26.1. The first-order chi connectivity index (χ1) is 15.2. The zero-order chi connectivity index (χ0) is 23.8. The minimum Gasteiger partial charge on any atom is -0.453 e. The highest BCUT2D eigenvalue weighted by Crippen LogP contribution is 2.30. The number of hydrogen-bond donors (Lipinski definition) is 2. The number of alkyl carbamates (subject to hydrolysis) is 2. The molecule has 0 radical (unpaired) electrons. The summed E-state index contributed by atoms with van der Waals surface area (Å²) in [6.45, 7) is 6.73. The van der Waals surface area contributed by atoms with Crippen LogP contribution in [0, 0.1) is 23.7 Å². The molecule has 4 unspecified atom stereocenters. The van der Waals surface area contributed by atoms with Crippen LogP contribution in [0.1, 0.15) is 40.0 Å². The van der Waals surface area contributed by atoms with E-state index in [2.05, 4.69) is 20.1 Å². The van der Waals surface area contributed by atoms with Crippen LogP contribution in [0.3, 0.4) is 0 Å². The molecule has 2 fully saturated rings. The standard InChI is InChI=1S/C22H36N2O8/c1-12(2)19(25)18(24-22(28)30-5)16-9-14(10-32-16)8-13(3)20(26)17(23-21(27)29-4)15-6-7-31-11-15/h12-18H,6-11H2,1-5H3,(H,23,27)(H,24,28)/t13?,14?,15?,16?,17-,18-/m0/s1. The van der Waals surface area contributed by atoms with Crippen molar-refractivity contribution in [3.8, 4) is 0 Å². The van der Waals surface area contributed by atoms with Crippen LogP contribution in [0.2, 0.25) is 0 Å². The van der Waals surface area contributed by atoms with E-state index in [1.165, 1.54) is 14.2 Å². The van der Waals surface area contributed by atoms with E-state index in [1.54, 1.807) is 13.8 Å². The van der Waals surface area contributed by atoms with Gasteiger partial charge < -0.3 is 29.6 Å². The predicted octanol–water partition coefficient (Wildman–Crippen LogP) is 1.70. The van der Waals surface area contributed by atoms with Crippen molar-refractivity contribution in [2.45, 2.75) is 58.2 Å². The molecule has 182 valence electrons. The molecule has 10 heteroatoms. The Morgan fingerprint density at radius 1 is 0.938 bits per heavy atom. The van der Waals surface area contributed by atoms with Crippen LogP contribution < -0.4 is 10.6 Å². The van der Waals surface area contributed by atoms with Gasteiger partial charge in [-0.2, -0.15) is 0 Å². The van der Waals surface area contributed by atoms with Gasteiger partial charge in [0.2, 0.25) is 0 Å². The van der Waals surface area contributed by atoms with Crippen molar-refractivity contribution >= 4 is 23.8 Å². The Labute approximate surface area is 189 Å². The van der Waals surface area contributed by atoms with Crippen molar-refractivity contribution in [3.05, 3.63) is 0 Å². The molecule has 0 aliphatic carbocycles. The average molecular weight is 457 g/mol. The fourth-order valence-electron chi connectivity index (χ4n) is 4.36. The van der Waals surface area contributed by atoms with Gasteiger partial charge in [-0.05, 0) is 25.2 Å². The van der Waals surface area contributed by atoms with Gasteiger partial charge in [0.1, 0.15) is 6.04 Å². The summed E-state index contributed by atoms with van der Waals surface area (Å²) in [6.07, 6.45) is -0.0377. The number of hydrogen-bond acceptors (Lipinski definition) is 8. The van der Waals surface area contributed by atoms with Gasteiger partial charge in [0.15, 0.2) is 11.6 Å². The second-order valence-corrected chi connectivity index (χ2v) is 8.92. The number of nitrogens with one attached hydrogen (secondary N) is 2. The molecule has 2 saturated heterocycles. The quantitative estimate of drug-likeness (QED) is 0.508. The minimum atomic E-state index is -0.803. The number of ketones is 2. The summed E-state index contributed by atoms with van der Waals surface area (Å²) in [5.74, 6) is -0.865. The topological polar surface area (TPSA) is 129 Å². The Morgan fingerprint density at radius 3 is 2.09 bits per heavy atom. The summed E-state index contributed by atoms with van der Waals surface area (Å²) in [5.41, 5.74) is 0. The van der Waals surface area contributed by atoms with Gasteiger partial charge in [-0.1, -0.05) is 20.8 Å². The smallest absolute Gasteiger partial charge is 0.407 e. The highest BCUT2D eigenvalue weighted by atomic mass is 16.5. The van der Waals surface area contributed by atoms with Crippen LogP contribution in [0.4, 0.5) is 9.59 Å². The lowest BCUT2D eigenvalue weighted by Gasteiger charge is -2.26. The van der Waals surface area contributed by atoms with Crippen LogP contribution >= 0.6 is 0 Å². The van der Waals surface area contributed by atoms with Crippen LogP contribution in [-0.4, -0.2) is 76.0 Å². The summed E-state index contributed by atoms with van der Waals surface area (Å²) >= 11 is 0. The van der Waals surface area contributed by atoms with E-state index in [0.717, 1.165) is 0 Å². The van der Waals surface area contributed by atoms with Gasteiger partial charge in [0, 0.05) is 24.4 Å². The molecule has 2 amide bonds. The fourth-order valence-corrected chi connectivity index (χ4v) is 4.36. The van der Waals surface area contributed by atoms with Gasteiger partial charge in [0.25, 0.3) is 0 Å². The second-order valence-electron chi connectivity index (χ2n) is 8.92. The molecule has 0 aromatic heterocycles. The van der Waals surface area contributed by atoms with E-state index >= 15 is 0 Å². The van der Waals surface area contributed by atoms with Crippen molar-refractivity contribution in [3.63, 3.8) is 0 Å². The number of rotatable bonds is 10. The molecule has 0 saturated carbocycles. The molecule has 2 aliphatic rings. The third-order valence-corrected chi connectivity index (χ3v) is 6.19. The summed E-state index contributed by atoms with van der Waals surface area (Å²) in [6, 6.07) is -1.47. The fraction of sp³-hybridized carbons (Fsp3) is 0.818. The maximum absolute atomic E-state index is 13.2. The van der Waals surface area contributed by atoms with Crippen molar-refractivity contribution < 1.29 is 38.1 Å². The van der Waals surface area contributed by atoms with E-state index in [-0.39, 0.29) is 35.2 Å². The monoisotopic (exact) mass is 456 g/mol. The van der Waals surface area contributed by atoms with Gasteiger partial charge in [-0.25, -0.2) is 9.59 Å². The molecule has 2 heterocycles. The van der Waals surface area contributed by atoms with Crippen molar-refractivity contribution in [2.24, 2.45) is 23.7 Å². The number of carbonyl (C=O) groups is 4. The van der Waals surface area contributed by atoms with E-state index in [1.807, 2.05) is 6.92 Å². The lowest BCUT2D eigenvalue weighted by molar-refractivity contribution is -0.127. The number of Topliss-reactive ketones (excluding diaryl/α,β-unsaturated/α-hetero) is 2. The van der Waals surface area contributed by atoms with Crippen molar-refractivity contribution in [1.29, 1.82) is 0 Å². The molecule has 6 atom stereocenters. The molecule has 2 aliphatic heterocycles. The zero-order valence-electron chi connectivity index (χ0n) is 19.6. The molecule has 0 aromatic rings. The van der Waals surface area contributed by atoms with Crippen LogP contribution in [-0.2, 0) is 28.5 Å². The van der Waals surface area contributed by atoms with Gasteiger partial charge >= 0.3 is 12.2 Å². The Balaban J connectivity index is 2.00. The molecular formula is C22H36N2O8. The molecule has 2 N–H and O–H groups in total. The van der Waals surface area contributed by atoms with Gasteiger partial charge in [0.05, 0.1) is 39.6 Å². The average Bonchev–Trinajstić information content (AvgIpc) is 3.46. The summed E-state index contributed by atoms with van der Waals surface area (Å²) in [4.78, 5) is 49.3. The van der Waals surface area contributed by atoms with E-state index in [0.29, 0.717) is 39.1 Å². The summed E-state index contributed by atoms with van der Waals surface area (Å²) < 4.78 is 20.6. The normalized spacial score (nSPS) is 25.6. The van der Waals surface area contributed by atoms with Crippen molar-refractivity contribution in [2.75, 3.05) is 34.0 Å². The Hall–Kier alpha value is -2.20. The lowest BCUT2D eigenvalue weighted by atomic mass is 9.83. The highest BCUT2D eigenvalue weighted by Gasteiger charge is 2.40. The molecular weight excluding hydrogens is 420 g/mol. The highest BCUT2D eigenvalue weighted by molar-refractivity contribution is 5.90. The van der Waals surface area contributed by atoms with Gasteiger partial charge in [-0.3, -0.25) is 9.59 Å². The SMILES string of the molecule is COC(=O)N[C@H](C(=O)C(C)CC1COC([C@H](NC(=O)OC)C(=O)C(C)C)C1)C1CCOC1. The molecule has 0 aromatic carbocycles. The molecule has 32 heavy (non-hydrogen) atoms. The third kappa shape index (κ3) is 6.90. The first-order valence-electron chi connectivity index (χ1n) is 11.1. The molecule has 10 nitrogen and oxygen atoms in total. The van der Waals surface area contributed by atoms with Crippen LogP contribution in [0.5, 0.6) is 0 Å². The second kappa shape index (κ2) is 12.2. The number of ether oxygens (including phenoxy) is 4. The number of carbonyl (C=O) groups excluding carboxylic acids is 4. The Kier molecular flexibility index (Phi) is 9.89. The lowest BCUT2D eigenvalue weighted by Crippen LogP contribution is -2.50. The van der Waals surface area contributed by atoms with E-state index in [4.69, 9.17) is 9.47 Å². The number of methoxy groups -OCH3 is 2. The molecule has 0 spiro atoms. The maximum atomic E-state index is 13.2. The zero-order valence-corrected chi connectivity index (χ0v) is 19.6. The van der Waals surface area contributed by atoms with Crippen LogP contribution in [0.25, 0.3) is 0 Å². The van der Waals surface area contributed by atoms with Gasteiger partial charge in [-0.15, -0.1) is 0 Å². The summed E-state index contributed by atoms with van der Waals surface area (Å²) in [5, 5.41) is 5.26. The Bertz CT molecular complexity index is 677. The molecule has 0 bridgehead atoms. The first-order valence-corrected chi connectivity index (χ1v) is 11.1. The minimum absolute atomic E-state index is 0.0412. The summed E-state index contributed by atoms with van der Waals surface area (Å²) in [7, 11) is 2.50. The third-order valence-electron chi connectivity index (χ3n) is 6.19. The van der Waals surface area contributed by atoms with E-state index in [9.17, 15) is 19.2 Å². The van der Waals surface area contributed by atoms with E-state index < -0.39 is 30.4 Å². The maximum Gasteiger partial charge on any atom is 0.407 e. The largest absolute Gasteiger partial charge is 0.453 e. The van der Waals surface area contributed by atoms with Crippen LogP contribution in [0.15, 0.2) is 0 Å². The van der Waals surface area contributed by atoms with Crippen molar-refractivity contribution in [1.82, 2.24) is 10.6 Å². The molecule has 2 rings (SSSR count). The predicted molar refractivity (Wildman–Crippen MR) is 114 cm³/mol. The number of amides is 2. The Morgan fingerprint density at radius 2 is 1.56 bits per heavy atom.